The van der Waals surface area contributed by atoms with Gasteiger partial charge in [0.25, 0.3) is 0 Å². The van der Waals surface area contributed by atoms with Crippen LogP contribution in [0.1, 0.15) is 36.5 Å². The Morgan fingerprint density at radius 1 is 1.00 bits per heavy atom. The van der Waals surface area contributed by atoms with Crippen molar-refractivity contribution in [2.75, 3.05) is 19.5 Å². The van der Waals surface area contributed by atoms with Crippen molar-refractivity contribution in [3.63, 3.8) is 0 Å². The zero-order valence-corrected chi connectivity index (χ0v) is 12.7. The quantitative estimate of drug-likeness (QED) is 0.865. The van der Waals surface area contributed by atoms with Crippen molar-refractivity contribution in [3.8, 4) is 5.75 Å². The van der Waals surface area contributed by atoms with E-state index in [0.717, 1.165) is 17.9 Å². The molecule has 0 heterocycles. The van der Waals surface area contributed by atoms with Crippen LogP contribution in [0.4, 0.5) is 5.69 Å². The number of benzene rings is 2. The van der Waals surface area contributed by atoms with Gasteiger partial charge in [0, 0.05) is 12.7 Å². The first kappa shape index (κ1) is 14.4. The molecule has 2 aromatic carbocycles. The second kappa shape index (κ2) is 6.47. The molecule has 0 aliphatic carbocycles. The second-order valence-corrected chi connectivity index (χ2v) is 5.35. The van der Waals surface area contributed by atoms with Gasteiger partial charge in [-0.25, -0.2) is 0 Å². The lowest BCUT2D eigenvalue weighted by atomic mass is 9.96. The van der Waals surface area contributed by atoms with Crippen LogP contribution in [-0.4, -0.2) is 14.2 Å². The third kappa shape index (κ3) is 3.32. The first-order chi connectivity index (χ1) is 9.63. The average Bonchev–Trinajstić information content (AvgIpc) is 2.48. The summed E-state index contributed by atoms with van der Waals surface area (Å²) in [5, 5.41) is 3.14. The van der Waals surface area contributed by atoms with Gasteiger partial charge in [0.2, 0.25) is 0 Å². The number of hydrogen-bond acceptors (Lipinski definition) is 2. The maximum absolute atomic E-state index is 5.43. The monoisotopic (exact) mass is 269 g/mol. The fraction of sp³-hybridized carbons (Fsp3) is 0.333. The normalized spacial score (nSPS) is 10.7. The molecule has 0 aliphatic rings. The van der Waals surface area contributed by atoms with Crippen molar-refractivity contribution in [1.29, 1.82) is 0 Å². The molecule has 0 saturated heterocycles. The Kier molecular flexibility index (Phi) is 4.67. The number of methoxy groups -OCH3 is 1. The van der Waals surface area contributed by atoms with Gasteiger partial charge < -0.3 is 10.1 Å². The molecular formula is C18H23NO. The van der Waals surface area contributed by atoms with E-state index in [2.05, 4.69) is 61.6 Å². The fourth-order valence-electron chi connectivity index (χ4n) is 2.37. The van der Waals surface area contributed by atoms with Crippen LogP contribution in [0.5, 0.6) is 5.75 Å². The van der Waals surface area contributed by atoms with Gasteiger partial charge >= 0.3 is 0 Å². The van der Waals surface area contributed by atoms with Gasteiger partial charge in [0.1, 0.15) is 5.75 Å². The molecule has 0 amide bonds. The summed E-state index contributed by atoms with van der Waals surface area (Å²) in [6, 6.07) is 15.1. The zero-order valence-electron chi connectivity index (χ0n) is 12.7. The van der Waals surface area contributed by atoms with Crippen molar-refractivity contribution < 1.29 is 4.74 Å². The third-order valence-electron chi connectivity index (χ3n) is 3.57. The Morgan fingerprint density at radius 2 is 1.65 bits per heavy atom. The smallest absolute Gasteiger partial charge is 0.122 e. The Hall–Kier alpha value is -1.96. The molecule has 2 heteroatoms. The summed E-state index contributed by atoms with van der Waals surface area (Å²) in [7, 11) is 3.67. The van der Waals surface area contributed by atoms with Gasteiger partial charge in [-0.05, 0) is 47.2 Å². The molecule has 0 atom stereocenters. The van der Waals surface area contributed by atoms with Gasteiger partial charge in [-0.3, -0.25) is 0 Å². The second-order valence-electron chi connectivity index (χ2n) is 5.35. The minimum absolute atomic E-state index is 0.469. The highest BCUT2D eigenvalue weighted by molar-refractivity contribution is 5.46. The molecule has 0 radical (unpaired) electrons. The van der Waals surface area contributed by atoms with Crippen molar-refractivity contribution in [1.82, 2.24) is 0 Å². The molecule has 1 N–H and O–H groups in total. The molecule has 0 aliphatic heterocycles. The van der Waals surface area contributed by atoms with Crippen molar-refractivity contribution in [2.45, 2.75) is 26.2 Å². The Bertz CT molecular complexity index is 558. The van der Waals surface area contributed by atoms with E-state index in [-0.39, 0.29) is 0 Å². The summed E-state index contributed by atoms with van der Waals surface area (Å²) in [6.45, 7) is 4.40. The highest BCUT2D eigenvalue weighted by Crippen LogP contribution is 2.28. The lowest BCUT2D eigenvalue weighted by molar-refractivity contribution is 0.407. The zero-order chi connectivity index (χ0) is 14.5. The number of nitrogens with one attached hydrogen (secondary N) is 1. The van der Waals surface area contributed by atoms with Crippen LogP contribution >= 0.6 is 0 Å². The molecule has 0 saturated carbocycles. The third-order valence-corrected chi connectivity index (χ3v) is 3.57. The van der Waals surface area contributed by atoms with Crippen LogP contribution in [0.2, 0.25) is 0 Å². The topological polar surface area (TPSA) is 21.3 Å². The maximum Gasteiger partial charge on any atom is 0.122 e. The number of ether oxygens (including phenoxy) is 1. The van der Waals surface area contributed by atoms with Crippen LogP contribution in [0.25, 0.3) is 0 Å². The molecule has 2 nitrogen and oxygen atoms in total. The minimum Gasteiger partial charge on any atom is -0.496 e. The first-order valence-electron chi connectivity index (χ1n) is 7.07. The van der Waals surface area contributed by atoms with Gasteiger partial charge in [-0.1, -0.05) is 38.1 Å². The van der Waals surface area contributed by atoms with Crippen LogP contribution in [0, 0.1) is 0 Å². The SMILES string of the molecule is CNc1ccc(Cc2ccc(OC)c(C(C)C)c2)cc1. The molecule has 0 aromatic heterocycles. The molecule has 2 aromatic rings. The van der Waals surface area contributed by atoms with Crippen molar-refractivity contribution in [3.05, 3.63) is 59.2 Å². The Labute approximate surface area is 121 Å². The van der Waals surface area contributed by atoms with E-state index < -0.39 is 0 Å². The lowest BCUT2D eigenvalue weighted by Gasteiger charge is -2.13. The largest absolute Gasteiger partial charge is 0.496 e. The molecule has 2 rings (SSSR count). The average molecular weight is 269 g/mol. The fourth-order valence-corrected chi connectivity index (χ4v) is 2.37. The van der Waals surface area contributed by atoms with E-state index in [9.17, 15) is 0 Å². The van der Waals surface area contributed by atoms with E-state index in [1.807, 2.05) is 7.05 Å². The van der Waals surface area contributed by atoms with E-state index >= 15 is 0 Å². The van der Waals surface area contributed by atoms with E-state index in [1.54, 1.807) is 7.11 Å². The summed E-state index contributed by atoms with van der Waals surface area (Å²) in [6.07, 6.45) is 0.952. The Balaban J connectivity index is 2.22. The molecule has 106 valence electrons. The predicted molar refractivity (Wildman–Crippen MR) is 85.9 cm³/mol. The predicted octanol–water partition coefficient (Wildman–Crippen LogP) is 4.45. The molecular weight excluding hydrogens is 246 g/mol. The lowest BCUT2D eigenvalue weighted by Crippen LogP contribution is -1.97. The summed E-state index contributed by atoms with van der Waals surface area (Å²) in [4.78, 5) is 0. The summed E-state index contributed by atoms with van der Waals surface area (Å²) in [5.74, 6) is 1.45. The van der Waals surface area contributed by atoms with Crippen molar-refractivity contribution in [2.24, 2.45) is 0 Å². The molecule has 0 unspecified atom stereocenters. The van der Waals surface area contributed by atoms with Gasteiger partial charge in [0.15, 0.2) is 0 Å². The van der Waals surface area contributed by atoms with Crippen LogP contribution in [-0.2, 0) is 6.42 Å². The van der Waals surface area contributed by atoms with E-state index in [0.29, 0.717) is 5.92 Å². The van der Waals surface area contributed by atoms with Crippen LogP contribution in [0.3, 0.4) is 0 Å². The highest BCUT2D eigenvalue weighted by atomic mass is 16.5. The number of anilines is 1. The van der Waals surface area contributed by atoms with Crippen LogP contribution in [0.15, 0.2) is 42.5 Å². The summed E-state index contributed by atoms with van der Waals surface area (Å²) in [5.41, 5.74) is 5.07. The van der Waals surface area contributed by atoms with Gasteiger partial charge in [0.05, 0.1) is 7.11 Å². The van der Waals surface area contributed by atoms with Crippen molar-refractivity contribution >= 4 is 5.69 Å². The number of hydrogen-bond donors (Lipinski definition) is 1. The summed E-state index contributed by atoms with van der Waals surface area (Å²) < 4.78 is 5.43. The van der Waals surface area contributed by atoms with E-state index in [1.165, 1.54) is 16.7 Å². The van der Waals surface area contributed by atoms with E-state index in [4.69, 9.17) is 4.74 Å². The van der Waals surface area contributed by atoms with Gasteiger partial charge in [-0.15, -0.1) is 0 Å². The summed E-state index contributed by atoms with van der Waals surface area (Å²) >= 11 is 0. The standard InChI is InChI=1S/C18H23NO/c1-13(2)17-12-15(7-10-18(17)20-4)11-14-5-8-16(19-3)9-6-14/h5-10,12-13,19H,11H2,1-4H3. The Morgan fingerprint density at radius 3 is 2.20 bits per heavy atom. The highest BCUT2D eigenvalue weighted by Gasteiger charge is 2.08. The molecule has 0 bridgehead atoms. The van der Waals surface area contributed by atoms with Gasteiger partial charge in [-0.2, -0.15) is 0 Å². The molecule has 0 spiro atoms. The molecule has 20 heavy (non-hydrogen) atoms. The molecule has 0 fully saturated rings. The first-order valence-corrected chi connectivity index (χ1v) is 7.07. The van der Waals surface area contributed by atoms with Crippen LogP contribution < -0.4 is 10.1 Å². The minimum atomic E-state index is 0.469. The number of rotatable bonds is 5. The maximum atomic E-state index is 5.43.